The number of aromatic amines is 1. The Hall–Kier alpha value is -4.65. The summed E-state index contributed by atoms with van der Waals surface area (Å²) in [5.74, 6) is -0.954. The molecule has 2 aromatic carbocycles. The SMILES string of the molecule is COc1cccc2oc(-c3c(C(=O)NCC(C)(C)O)nc4c(-c5ccccc5)c(C(F)(F)F)[nH]n4c3=O)nc12. The molecule has 0 spiro atoms. The summed E-state index contributed by atoms with van der Waals surface area (Å²) < 4.78 is 54.0. The van der Waals surface area contributed by atoms with E-state index >= 15 is 0 Å². The van der Waals surface area contributed by atoms with Gasteiger partial charge < -0.3 is 19.6 Å². The minimum atomic E-state index is -4.89. The molecule has 0 radical (unpaired) electrons. The fraction of sp³-hybridized carbons (Fsp3) is 0.231. The Kier molecular flexibility index (Phi) is 6.18. The number of benzene rings is 2. The number of hydrogen-bond acceptors (Lipinski definition) is 7. The molecule has 0 atom stereocenters. The molecule has 1 amide bonds. The van der Waals surface area contributed by atoms with Crippen LogP contribution in [0.3, 0.4) is 0 Å². The first kappa shape index (κ1) is 26.0. The van der Waals surface area contributed by atoms with Gasteiger partial charge in [-0.05, 0) is 31.5 Å². The highest BCUT2D eigenvalue weighted by Crippen LogP contribution is 2.39. The van der Waals surface area contributed by atoms with E-state index in [0.29, 0.717) is 10.3 Å². The van der Waals surface area contributed by atoms with Crippen LogP contribution in [-0.2, 0) is 6.18 Å². The number of hydrogen-bond donors (Lipinski definition) is 3. The molecular weight excluding hydrogens is 519 g/mol. The number of nitrogens with one attached hydrogen (secondary N) is 2. The third kappa shape index (κ3) is 4.72. The number of halogens is 3. The van der Waals surface area contributed by atoms with E-state index in [1.54, 1.807) is 24.3 Å². The number of para-hydroxylation sites is 1. The number of rotatable bonds is 6. The maximum absolute atomic E-state index is 14.1. The van der Waals surface area contributed by atoms with E-state index in [4.69, 9.17) is 9.15 Å². The van der Waals surface area contributed by atoms with Crippen molar-refractivity contribution in [1.82, 2.24) is 24.9 Å². The van der Waals surface area contributed by atoms with Gasteiger partial charge in [0.1, 0.15) is 22.7 Å². The number of fused-ring (bicyclic) bond motifs is 2. The average molecular weight is 541 g/mol. The first-order chi connectivity index (χ1) is 18.4. The molecule has 0 saturated carbocycles. The molecule has 5 rings (SSSR count). The molecule has 0 fully saturated rings. The van der Waals surface area contributed by atoms with Crippen LogP contribution in [0, 0.1) is 0 Å². The zero-order chi connectivity index (χ0) is 28.1. The first-order valence-corrected chi connectivity index (χ1v) is 11.6. The topological polar surface area (TPSA) is 135 Å². The predicted molar refractivity (Wildman–Crippen MR) is 134 cm³/mol. The zero-order valence-electron chi connectivity index (χ0n) is 20.9. The van der Waals surface area contributed by atoms with Crippen molar-refractivity contribution in [1.29, 1.82) is 0 Å². The smallest absolute Gasteiger partial charge is 0.433 e. The van der Waals surface area contributed by atoms with E-state index in [1.165, 1.54) is 45.2 Å². The summed E-state index contributed by atoms with van der Waals surface area (Å²) in [6.45, 7) is 2.66. The molecular formula is C26H22F3N5O5. The van der Waals surface area contributed by atoms with Crippen LogP contribution in [0.4, 0.5) is 13.2 Å². The normalized spacial score (nSPS) is 12.3. The van der Waals surface area contributed by atoms with E-state index in [9.17, 15) is 27.9 Å². The van der Waals surface area contributed by atoms with Crippen LogP contribution in [-0.4, -0.2) is 49.9 Å². The quantitative estimate of drug-likeness (QED) is 0.296. The van der Waals surface area contributed by atoms with Crippen LogP contribution >= 0.6 is 0 Å². The van der Waals surface area contributed by atoms with Gasteiger partial charge in [-0.1, -0.05) is 36.4 Å². The molecule has 0 aliphatic heterocycles. The van der Waals surface area contributed by atoms with Crippen molar-refractivity contribution in [2.24, 2.45) is 0 Å². The Morgan fingerprint density at radius 2 is 1.82 bits per heavy atom. The molecule has 0 bridgehead atoms. The van der Waals surface area contributed by atoms with Crippen molar-refractivity contribution in [2.75, 3.05) is 13.7 Å². The molecule has 0 saturated heterocycles. The van der Waals surface area contributed by atoms with Crippen LogP contribution in [0.1, 0.15) is 30.0 Å². The van der Waals surface area contributed by atoms with Crippen molar-refractivity contribution in [3.8, 4) is 28.3 Å². The molecule has 3 heterocycles. The molecule has 10 nitrogen and oxygen atoms in total. The van der Waals surface area contributed by atoms with E-state index < -0.39 is 51.4 Å². The fourth-order valence-electron chi connectivity index (χ4n) is 4.09. The van der Waals surface area contributed by atoms with Crippen molar-refractivity contribution < 1.29 is 32.2 Å². The summed E-state index contributed by atoms with van der Waals surface area (Å²) in [7, 11) is 1.41. The number of nitrogens with zero attached hydrogens (tertiary/aromatic N) is 3. The summed E-state index contributed by atoms with van der Waals surface area (Å²) in [6, 6.07) is 12.3. The lowest BCUT2D eigenvalue weighted by Crippen LogP contribution is -2.39. The van der Waals surface area contributed by atoms with Gasteiger partial charge in [-0.25, -0.2) is 9.97 Å². The Bertz CT molecular complexity index is 1760. The number of alkyl halides is 3. The summed E-state index contributed by atoms with van der Waals surface area (Å²) in [6.07, 6.45) is -4.89. The molecule has 202 valence electrons. The van der Waals surface area contributed by atoms with Crippen LogP contribution in [0.2, 0.25) is 0 Å². The van der Waals surface area contributed by atoms with Gasteiger partial charge >= 0.3 is 6.18 Å². The number of oxazole rings is 1. The average Bonchev–Trinajstić information content (AvgIpc) is 3.49. The number of carbonyl (C=O) groups excluding carboxylic acids is 1. The second-order valence-corrected chi connectivity index (χ2v) is 9.35. The van der Waals surface area contributed by atoms with Crippen LogP contribution in [0.25, 0.3) is 39.3 Å². The number of aromatic nitrogens is 4. The minimum Gasteiger partial charge on any atom is -0.494 e. The van der Waals surface area contributed by atoms with Crippen LogP contribution in [0.5, 0.6) is 5.75 Å². The molecule has 39 heavy (non-hydrogen) atoms. The summed E-state index contributed by atoms with van der Waals surface area (Å²) in [4.78, 5) is 35.6. The summed E-state index contributed by atoms with van der Waals surface area (Å²) in [5.41, 5.74) is -4.88. The molecule has 13 heteroatoms. The molecule has 0 aliphatic rings. The van der Waals surface area contributed by atoms with E-state index in [2.05, 4.69) is 20.4 Å². The largest absolute Gasteiger partial charge is 0.494 e. The second kappa shape index (κ2) is 9.27. The first-order valence-electron chi connectivity index (χ1n) is 11.6. The van der Waals surface area contributed by atoms with Gasteiger partial charge in [0.05, 0.1) is 18.3 Å². The Balaban J connectivity index is 1.85. The third-order valence-corrected chi connectivity index (χ3v) is 5.84. The van der Waals surface area contributed by atoms with Gasteiger partial charge in [0.15, 0.2) is 16.7 Å². The number of ether oxygens (including phenoxy) is 1. The van der Waals surface area contributed by atoms with Gasteiger partial charge in [-0.2, -0.15) is 17.7 Å². The van der Waals surface area contributed by atoms with Gasteiger partial charge in [-0.3, -0.25) is 14.7 Å². The number of amides is 1. The lowest BCUT2D eigenvalue weighted by molar-refractivity contribution is -0.140. The Morgan fingerprint density at radius 1 is 1.10 bits per heavy atom. The second-order valence-electron chi connectivity index (χ2n) is 9.35. The maximum atomic E-state index is 14.1. The van der Waals surface area contributed by atoms with Gasteiger partial charge in [-0.15, -0.1) is 0 Å². The molecule has 3 aromatic heterocycles. The summed E-state index contributed by atoms with van der Waals surface area (Å²) >= 11 is 0. The monoisotopic (exact) mass is 541 g/mol. The molecule has 0 unspecified atom stereocenters. The van der Waals surface area contributed by atoms with E-state index in [-0.39, 0.29) is 29.1 Å². The number of aliphatic hydroxyl groups is 1. The number of methoxy groups -OCH3 is 1. The Labute approximate surface area is 218 Å². The van der Waals surface area contributed by atoms with E-state index in [0.717, 1.165) is 0 Å². The predicted octanol–water partition coefficient (Wildman–Crippen LogP) is 4.03. The third-order valence-electron chi connectivity index (χ3n) is 5.84. The summed E-state index contributed by atoms with van der Waals surface area (Å²) in [5, 5.41) is 14.7. The highest BCUT2D eigenvalue weighted by atomic mass is 19.4. The lowest BCUT2D eigenvalue weighted by Gasteiger charge is -2.17. The zero-order valence-corrected chi connectivity index (χ0v) is 20.9. The van der Waals surface area contributed by atoms with Crippen LogP contribution < -0.4 is 15.6 Å². The maximum Gasteiger partial charge on any atom is 0.433 e. The van der Waals surface area contributed by atoms with Crippen molar-refractivity contribution >= 4 is 22.7 Å². The lowest BCUT2D eigenvalue weighted by atomic mass is 10.1. The molecule has 5 aromatic rings. The van der Waals surface area contributed by atoms with Crippen LogP contribution in [0.15, 0.2) is 57.7 Å². The van der Waals surface area contributed by atoms with Gasteiger partial charge in [0.25, 0.3) is 11.5 Å². The highest BCUT2D eigenvalue weighted by molar-refractivity contribution is 5.99. The Morgan fingerprint density at radius 3 is 2.46 bits per heavy atom. The number of H-pyrrole nitrogens is 1. The minimum absolute atomic E-state index is 0.123. The molecule has 3 N–H and O–H groups in total. The van der Waals surface area contributed by atoms with Crippen molar-refractivity contribution in [3.63, 3.8) is 0 Å². The van der Waals surface area contributed by atoms with Gasteiger partial charge in [0, 0.05) is 6.54 Å². The van der Waals surface area contributed by atoms with Gasteiger partial charge in [0.2, 0.25) is 5.89 Å². The van der Waals surface area contributed by atoms with Crippen molar-refractivity contribution in [3.05, 3.63) is 70.3 Å². The fourth-order valence-corrected chi connectivity index (χ4v) is 4.09. The number of carbonyl (C=O) groups is 1. The highest BCUT2D eigenvalue weighted by Gasteiger charge is 2.39. The van der Waals surface area contributed by atoms with E-state index in [1.807, 2.05) is 0 Å². The molecule has 0 aliphatic carbocycles. The van der Waals surface area contributed by atoms with Crippen molar-refractivity contribution in [2.45, 2.75) is 25.6 Å². The standard InChI is InChI=1S/C26H22F3N5O5/c1-25(2,37)12-30-22(35)19-17(23-32-18-14(38-3)10-7-11-15(18)39-23)24(36)34-21(31-19)16(13-8-5-4-6-9-13)20(33-34)26(27,28)29/h4-11,33,37H,12H2,1-3H3,(H,30,35).